The highest BCUT2D eigenvalue weighted by molar-refractivity contribution is 8.00. The zero-order valence-electron chi connectivity index (χ0n) is 16.8. The molecule has 1 atom stereocenters. The Hall–Kier alpha value is -2.02. The van der Waals surface area contributed by atoms with Crippen LogP contribution in [0.4, 0.5) is 0 Å². The Kier molecular flexibility index (Phi) is 7.36. The standard InChI is InChI=1S/C21H29N3O3S/c1-14(2)19(20(25)22-16-7-5-4-6-8-16)28-21-24-23-18(27-21)13-15-9-11-17(26-3)12-10-15/h9-12,14,16,19H,4-8,13H2,1-3H3,(H,22,25). The van der Waals surface area contributed by atoms with Crippen LogP contribution >= 0.6 is 11.8 Å². The number of thioether (sulfide) groups is 1. The molecule has 1 unspecified atom stereocenters. The van der Waals surface area contributed by atoms with E-state index < -0.39 is 0 Å². The summed E-state index contributed by atoms with van der Waals surface area (Å²) < 4.78 is 11.0. The highest BCUT2D eigenvalue weighted by Gasteiger charge is 2.28. The molecule has 1 aromatic carbocycles. The molecule has 0 aliphatic heterocycles. The van der Waals surface area contributed by atoms with Crippen LogP contribution in [-0.2, 0) is 11.2 Å². The third kappa shape index (κ3) is 5.74. The van der Waals surface area contributed by atoms with Gasteiger partial charge < -0.3 is 14.5 Å². The van der Waals surface area contributed by atoms with Crippen LogP contribution in [0.1, 0.15) is 57.4 Å². The van der Waals surface area contributed by atoms with Gasteiger partial charge in [0.05, 0.1) is 18.8 Å². The average Bonchev–Trinajstić information content (AvgIpc) is 3.14. The molecule has 0 saturated heterocycles. The van der Waals surface area contributed by atoms with Crippen molar-refractivity contribution in [2.24, 2.45) is 5.92 Å². The third-order valence-corrected chi connectivity index (χ3v) is 6.38. The van der Waals surface area contributed by atoms with Gasteiger partial charge in [0.15, 0.2) is 0 Å². The van der Waals surface area contributed by atoms with Crippen molar-refractivity contribution in [2.75, 3.05) is 7.11 Å². The van der Waals surface area contributed by atoms with E-state index in [2.05, 4.69) is 15.5 Å². The van der Waals surface area contributed by atoms with Crippen LogP contribution in [0.25, 0.3) is 0 Å². The van der Waals surface area contributed by atoms with Gasteiger partial charge in [-0.15, -0.1) is 10.2 Å². The summed E-state index contributed by atoms with van der Waals surface area (Å²) in [6.45, 7) is 4.10. The van der Waals surface area contributed by atoms with Crippen molar-refractivity contribution in [3.63, 3.8) is 0 Å². The molecule has 3 rings (SSSR count). The second-order valence-electron chi connectivity index (χ2n) is 7.61. The number of aromatic nitrogens is 2. The van der Waals surface area contributed by atoms with E-state index >= 15 is 0 Å². The summed E-state index contributed by atoms with van der Waals surface area (Å²) in [5, 5.41) is 11.7. The van der Waals surface area contributed by atoms with Gasteiger partial charge in [-0.3, -0.25) is 4.79 Å². The number of carbonyl (C=O) groups is 1. The molecule has 1 aliphatic rings. The number of benzene rings is 1. The molecule has 1 fully saturated rings. The number of nitrogens with zero attached hydrogens (tertiary/aromatic N) is 2. The van der Waals surface area contributed by atoms with Crippen LogP contribution in [0.2, 0.25) is 0 Å². The summed E-state index contributed by atoms with van der Waals surface area (Å²) in [5.41, 5.74) is 1.07. The van der Waals surface area contributed by atoms with E-state index in [-0.39, 0.29) is 17.1 Å². The van der Waals surface area contributed by atoms with Gasteiger partial charge in [-0.2, -0.15) is 0 Å². The molecule has 1 N–H and O–H groups in total. The zero-order valence-corrected chi connectivity index (χ0v) is 17.6. The van der Waals surface area contributed by atoms with E-state index in [1.54, 1.807) is 7.11 Å². The molecule has 0 spiro atoms. The first-order valence-corrected chi connectivity index (χ1v) is 10.9. The van der Waals surface area contributed by atoms with Crippen molar-refractivity contribution in [3.8, 4) is 5.75 Å². The van der Waals surface area contributed by atoms with Gasteiger partial charge in [0.25, 0.3) is 5.22 Å². The van der Waals surface area contributed by atoms with Gasteiger partial charge in [-0.05, 0) is 36.5 Å². The van der Waals surface area contributed by atoms with Gasteiger partial charge >= 0.3 is 0 Å². The van der Waals surface area contributed by atoms with Crippen LogP contribution in [0.3, 0.4) is 0 Å². The molecule has 1 amide bonds. The van der Waals surface area contributed by atoms with Crippen molar-refractivity contribution >= 4 is 17.7 Å². The largest absolute Gasteiger partial charge is 0.497 e. The van der Waals surface area contributed by atoms with Crippen molar-refractivity contribution in [1.29, 1.82) is 0 Å². The summed E-state index contributed by atoms with van der Waals surface area (Å²) >= 11 is 1.36. The first-order valence-electron chi connectivity index (χ1n) is 9.97. The Morgan fingerprint density at radius 3 is 2.57 bits per heavy atom. The smallest absolute Gasteiger partial charge is 0.277 e. The minimum atomic E-state index is -0.240. The van der Waals surface area contributed by atoms with E-state index in [0.29, 0.717) is 23.6 Å². The zero-order chi connectivity index (χ0) is 19.9. The lowest BCUT2D eigenvalue weighted by atomic mass is 9.95. The lowest BCUT2D eigenvalue weighted by molar-refractivity contribution is -0.122. The molecule has 1 aromatic heterocycles. The van der Waals surface area contributed by atoms with Gasteiger partial charge in [0.1, 0.15) is 5.75 Å². The molecule has 0 radical (unpaired) electrons. The van der Waals surface area contributed by atoms with Crippen LogP contribution < -0.4 is 10.1 Å². The Labute approximate surface area is 170 Å². The third-order valence-electron chi connectivity index (χ3n) is 5.01. The minimum Gasteiger partial charge on any atom is -0.497 e. The monoisotopic (exact) mass is 403 g/mol. The van der Waals surface area contributed by atoms with Crippen LogP contribution in [0, 0.1) is 5.92 Å². The molecule has 1 aliphatic carbocycles. The number of carbonyl (C=O) groups excluding carboxylic acids is 1. The van der Waals surface area contributed by atoms with Crippen molar-refractivity contribution in [2.45, 2.75) is 68.9 Å². The van der Waals surface area contributed by atoms with E-state index in [9.17, 15) is 4.79 Å². The van der Waals surface area contributed by atoms with E-state index in [4.69, 9.17) is 9.15 Å². The fourth-order valence-corrected chi connectivity index (χ4v) is 4.30. The van der Waals surface area contributed by atoms with Crippen molar-refractivity contribution in [1.82, 2.24) is 15.5 Å². The molecule has 28 heavy (non-hydrogen) atoms. The number of amides is 1. The van der Waals surface area contributed by atoms with E-state index in [1.807, 2.05) is 38.1 Å². The number of ether oxygens (including phenoxy) is 1. The molecule has 1 heterocycles. The molecule has 7 heteroatoms. The predicted octanol–water partition coefficient (Wildman–Crippen LogP) is 4.23. The number of hydrogen-bond acceptors (Lipinski definition) is 6. The molecule has 0 bridgehead atoms. The second kappa shape index (κ2) is 9.96. The number of hydrogen-bond donors (Lipinski definition) is 1. The highest BCUT2D eigenvalue weighted by atomic mass is 32.2. The summed E-state index contributed by atoms with van der Waals surface area (Å²) in [4.78, 5) is 12.8. The lowest BCUT2D eigenvalue weighted by Crippen LogP contribution is -2.42. The lowest BCUT2D eigenvalue weighted by Gasteiger charge is -2.26. The highest BCUT2D eigenvalue weighted by Crippen LogP contribution is 2.29. The maximum absolute atomic E-state index is 12.8. The first kappa shape index (κ1) is 20.7. The van der Waals surface area contributed by atoms with Crippen molar-refractivity contribution in [3.05, 3.63) is 35.7 Å². The summed E-state index contributed by atoms with van der Waals surface area (Å²) in [7, 11) is 1.64. The molecular weight excluding hydrogens is 374 g/mol. The minimum absolute atomic E-state index is 0.0711. The Morgan fingerprint density at radius 1 is 1.21 bits per heavy atom. The average molecular weight is 404 g/mol. The quantitative estimate of drug-likeness (QED) is 0.665. The first-order chi connectivity index (χ1) is 13.5. The van der Waals surface area contributed by atoms with Crippen LogP contribution in [0.5, 0.6) is 5.75 Å². The van der Waals surface area contributed by atoms with E-state index in [1.165, 1.54) is 31.0 Å². The molecular formula is C21H29N3O3S. The van der Waals surface area contributed by atoms with Gasteiger partial charge in [0.2, 0.25) is 11.8 Å². The predicted molar refractivity (Wildman–Crippen MR) is 110 cm³/mol. The normalized spacial score (nSPS) is 16.1. The Morgan fingerprint density at radius 2 is 1.93 bits per heavy atom. The van der Waals surface area contributed by atoms with Crippen LogP contribution in [0.15, 0.2) is 33.9 Å². The Bertz CT molecular complexity index is 755. The maximum Gasteiger partial charge on any atom is 0.277 e. The fraction of sp³-hybridized carbons (Fsp3) is 0.571. The second-order valence-corrected chi connectivity index (χ2v) is 8.71. The van der Waals surface area contributed by atoms with E-state index in [0.717, 1.165) is 24.2 Å². The SMILES string of the molecule is COc1ccc(Cc2nnc(SC(C(=O)NC3CCCCC3)C(C)C)o2)cc1. The number of rotatable bonds is 8. The van der Waals surface area contributed by atoms with Crippen LogP contribution in [-0.4, -0.2) is 34.5 Å². The fourth-order valence-electron chi connectivity index (χ4n) is 3.41. The molecule has 1 saturated carbocycles. The summed E-state index contributed by atoms with van der Waals surface area (Å²) in [6, 6.07) is 8.07. The van der Waals surface area contributed by atoms with Gasteiger partial charge in [-0.1, -0.05) is 57.0 Å². The number of nitrogens with one attached hydrogen (secondary N) is 1. The molecule has 6 nitrogen and oxygen atoms in total. The molecule has 152 valence electrons. The maximum atomic E-state index is 12.8. The summed E-state index contributed by atoms with van der Waals surface area (Å²) in [5.74, 6) is 1.60. The topological polar surface area (TPSA) is 77.2 Å². The number of methoxy groups -OCH3 is 1. The van der Waals surface area contributed by atoms with Crippen molar-refractivity contribution < 1.29 is 13.9 Å². The van der Waals surface area contributed by atoms with Gasteiger partial charge in [0, 0.05) is 6.04 Å². The Balaban J connectivity index is 1.59. The molecule has 2 aromatic rings. The summed E-state index contributed by atoms with van der Waals surface area (Å²) in [6.07, 6.45) is 6.37. The van der Waals surface area contributed by atoms with Gasteiger partial charge in [-0.25, -0.2) is 0 Å².